The summed E-state index contributed by atoms with van der Waals surface area (Å²) in [5.41, 5.74) is 0. The SMILES string of the molecule is Cl.NOCCOCCF. The Kier molecular flexibility index (Phi) is 14.4. The molecule has 2 N–H and O–H groups in total. The summed E-state index contributed by atoms with van der Waals surface area (Å²) in [6.07, 6.45) is 0. The van der Waals surface area contributed by atoms with Crippen LogP contribution in [0.2, 0.25) is 0 Å². The lowest BCUT2D eigenvalue weighted by Crippen LogP contribution is -2.09. The van der Waals surface area contributed by atoms with Crippen LogP contribution in [0.1, 0.15) is 0 Å². The van der Waals surface area contributed by atoms with Crippen LogP contribution in [0.5, 0.6) is 0 Å². The van der Waals surface area contributed by atoms with Crippen molar-refractivity contribution in [3.63, 3.8) is 0 Å². The van der Waals surface area contributed by atoms with Gasteiger partial charge in [-0.05, 0) is 0 Å². The highest BCUT2D eigenvalue weighted by molar-refractivity contribution is 5.85. The molecule has 0 aromatic heterocycles. The van der Waals surface area contributed by atoms with Crippen molar-refractivity contribution in [3.05, 3.63) is 0 Å². The highest BCUT2D eigenvalue weighted by Gasteiger charge is 1.83. The number of ether oxygens (including phenoxy) is 1. The van der Waals surface area contributed by atoms with E-state index >= 15 is 0 Å². The summed E-state index contributed by atoms with van der Waals surface area (Å²) in [4.78, 5) is 4.14. The topological polar surface area (TPSA) is 44.5 Å². The molecule has 0 atom stereocenters. The van der Waals surface area contributed by atoms with Gasteiger partial charge in [0.15, 0.2) is 0 Å². The molecule has 0 saturated heterocycles. The summed E-state index contributed by atoms with van der Waals surface area (Å²) in [6, 6.07) is 0. The first-order valence-electron chi connectivity index (χ1n) is 2.37. The van der Waals surface area contributed by atoms with E-state index < -0.39 is 6.67 Å². The molecule has 5 heteroatoms. The Bertz CT molecular complexity index is 43.5. The first-order valence-corrected chi connectivity index (χ1v) is 2.37. The summed E-state index contributed by atoms with van der Waals surface area (Å²) in [5.74, 6) is 4.64. The molecule has 0 heterocycles. The molecule has 0 aromatic carbocycles. The van der Waals surface area contributed by atoms with E-state index in [0.29, 0.717) is 13.2 Å². The van der Waals surface area contributed by atoms with Gasteiger partial charge >= 0.3 is 0 Å². The van der Waals surface area contributed by atoms with Gasteiger partial charge in [0.1, 0.15) is 6.67 Å². The average molecular weight is 160 g/mol. The van der Waals surface area contributed by atoms with Crippen LogP contribution in [0, 0.1) is 0 Å². The third-order valence-electron chi connectivity index (χ3n) is 0.567. The van der Waals surface area contributed by atoms with Crippen LogP contribution in [0.25, 0.3) is 0 Å². The molecular weight excluding hydrogens is 148 g/mol. The zero-order valence-electron chi connectivity index (χ0n) is 5.01. The molecular formula is C4H11ClFNO2. The lowest BCUT2D eigenvalue weighted by atomic mass is 10.7. The quantitative estimate of drug-likeness (QED) is 0.463. The van der Waals surface area contributed by atoms with Gasteiger partial charge in [-0.25, -0.2) is 10.3 Å². The van der Waals surface area contributed by atoms with Gasteiger partial charge in [-0.3, -0.25) is 0 Å². The predicted octanol–water partition coefficient (Wildman–Crippen LogP) is 0.285. The van der Waals surface area contributed by atoms with Crippen molar-refractivity contribution < 1.29 is 14.0 Å². The van der Waals surface area contributed by atoms with E-state index in [1.165, 1.54) is 0 Å². The van der Waals surface area contributed by atoms with Crippen LogP contribution < -0.4 is 5.90 Å². The van der Waals surface area contributed by atoms with E-state index in [2.05, 4.69) is 15.5 Å². The fraction of sp³-hybridized carbons (Fsp3) is 1.00. The number of nitrogens with two attached hydrogens (primary N) is 1. The zero-order chi connectivity index (χ0) is 6.24. The second kappa shape index (κ2) is 11.0. The van der Waals surface area contributed by atoms with Gasteiger partial charge in [0.2, 0.25) is 0 Å². The highest BCUT2D eigenvalue weighted by Crippen LogP contribution is 1.74. The van der Waals surface area contributed by atoms with Crippen LogP contribution in [0.3, 0.4) is 0 Å². The Balaban J connectivity index is 0. The number of alkyl halides is 1. The minimum absolute atomic E-state index is 0. The summed E-state index contributed by atoms with van der Waals surface area (Å²) in [6.45, 7) is 0.356. The maximum absolute atomic E-state index is 11.2. The van der Waals surface area contributed by atoms with Gasteiger partial charge in [0.05, 0.1) is 19.8 Å². The fourth-order valence-corrected chi connectivity index (χ4v) is 0.264. The second-order valence-electron chi connectivity index (χ2n) is 1.17. The summed E-state index contributed by atoms with van der Waals surface area (Å²) in [7, 11) is 0. The van der Waals surface area contributed by atoms with Crippen molar-refractivity contribution in [2.45, 2.75) is 0 Å². The van der Waals surface area contributed by atoms with Gasteiger partial charge in [0, 0.05) is 0 Å². The van der Waals surface area contributed by atoms with Gasteiger partial charge < -0.3 is 9.57 Å². The Morgan fingerprint density at radius 2 is 1.89 bits per heavy atom. The van der Waals surface area contributed by atoms with E-state index in [0.717, 1.165) is 0 Å². The molecule has 0 fully saturated rings. The second-order valence-corrected chi connectivity index (χ2v) is 1.17. The predicted molar refractivity (Wildman–Crippen MR) is 34.2 cm³/mol. The molecule has 0 aliphatic rings. The van der Waals surface area contributed by atoms with Crippen LogP contribution >= 0.6 is 12.4 Å². The molecule has 0 aliphatic carbocycles. The van der Waals surface area contributed by atoms with Crippen molar-refractivity contribution in [3.8, 4) is 0 Å². The first-order chi connectivity index (χ1) is 3.91. The van der Waals surface area contributed by atoms with E-state index in [1.807, 2.05) is 0 Å². The Hall–Kier alpha value is 0.1000. The average Bonchev–Trinajstić information content (AvgIpc) is 1.81. The van der Waals surface area contributed by atoms with Crippen LogP contribution in [0.4, 0.5) is 4.39 Å². The van der Waals surface area contributed by atoms with Crippen molar-refractivity contribution in [1.29, 1.82) is 0 Å². The third kappa shape index (κ3) is 11.6. The van der Waals surface area contributed by atoms with Crippen LogP contribution in [-0.4, -0.2) is 26.5 Å². The molecule has 9 heavy (non-hydrogen) atoms. The Morgan fingerprint density at radius 1 is 1.22 bits per heavy atom. The molecule has 0 amide bonds. The van der Waals surface area contributed by atoms with Crippen molar-refractivity contribution >= 4 is 12.4 Å². The number of halogens is 2. The van der Waals surface area contributed by atoms with Crippen molar-refractivity contribution in [2.24, 2.45) is 5.90 Å². The minimum Gasteiger partial charge on any atom is -0.376 e. The lowest BCUT2D eigenvalue weighted by molar-refractivity contribution is 0.0428. The third-order valence-corrected chi connectivity index (χ3v) is 0.567. The molecule has 3 nitrogen and oxygen atoms in total. The standard InChI is InChI=1S/C4H10FNO2.ClH/c5-1-2-7-3-4-8-6;/h1-4,6H2;1H. The molecule has 0 bridgehead atoms. The maximum Gasteiger partial charge on any atom is 0.113 e. The normalized spacial score (nSPS) is 8.67. The maximum atomic E-state index is 11.2. The Morgan fingerprint density at radius 3 is 2.33 bits per heavy atom. The van der Waals surface area contributed by atoms with E-state index in [1.54, 1.807) is 0 Å². The van der Waals surface area contributed by atoms with E-state index in [9.17, 15) is 4.39 Å². The van der Waals surface area contributed by atoms with Crippen LogP contribution in [-0.2, 0) is 9.57 Å². The molecule has 0 saturated carbocycles. The molecule has 0 aliphatic heterocycles. The van der Waals surface area contributed by atoms with Crippen LogP contribution in [0.15, 0.2) is 0 Å². The first kappa shape index (κ1) is 11.8. The van der Waals surface area contributed by atoms with Crippen molar-refractivity contribution in [2.75, 3.05) is 26.5 Å². The van der Waals surface area contributed by atoms with Crippen molar-refractivity contribution in [1.82, 2.24) is 0 Å². The monoisotopic (exact) mass is 159 g/mol. The number of hydrogen-bond donors (Lipinski definition) is 1. The molecule has 0 rings (SSSR count). The number of hydrogen-bond acceptors (Lipinski definition) is 3. The fourth-order valence-electron chi connectivity index (χ4n) is 0.264. The Labute approximate surface area is 59.7 Å². The summed E-state index contributed by atoms with van der Waals surface area (Å²) >= 11 is 0. The van der Waals surface area contributed by atoms with Gasteiger partial charge in [-0.1, -0.05) is 0 Å². The van der Waals surface area contributed by atoms with Gasteiger partial charge in [0.25, 0.3) is 0 Å². The lowest BCUT2D eigenvalue weighted by Gasteiger charge is -1.96. The van der Waals surface area contributed by atoms with Gasteiger partial charge in [-0.15, -0.1) is 12.4 Å². The minimum atomic E-state index is -0.454. The largest absolute Gasteiger partial charge is 0.376 e. The molecule has 0 aromatic rings. The van der Waals surface area contributed by atoms with E-state index in [-0.39, 0.29) is 19.0 Å². The van der Waals surface area contributed by atoms with Gasteiger partial charge in [-0.2, -0.15) is 0 Å². The molecule has 0 unspecified atom stereocenters. The summed E-state index contributed by atoms with van der Waals surface area (Å²) in [5, 5.41) is 0. The molecule has 0 radical (unpaired) electrons. The smallest absolute Gasteiger partial charge is 0.113 e. The van der Waals surface area contributed by atoms with E-state index in [4.69, 9.17) is 0 Å². The summed E-state index contributed by atoms with van der Waals surface area (Å²) < 4.78 is 15.9. The zero-order valence-corrected chi connectivity index (χ0v) is 5.82. The molecule has 58 valence electrons. The highest BCUT2D eigenvalue weighted by atomic mass is 35.5. The number of rotatable bonds is 5. The molecule has 0 spiro atoms.